The Kier molecular flexibility index (Phi) is 3.79. The number of hydrogen-bond donors (Lipinski definition) is 0. The Hall–Kier alpha value is -1.91. The summed E-state index contributed by atoms with van der Waals surface area (Å²) in [7, 11) is 0. The van der Waals surface area contributed by atoms with Crippen LogP contribution in [0.3, 0.4) is 0 Å². The van der Waals surface area contributed by atoms with Crippen molar-refractivity contribution in [3.63, 3.8) is 0 Å². The molecule has 23 heavy (non-hydrogen) atoms. The van der Waals surface area contributed by atoms with Gasteiger partial charge in [0.15, 0.2) is 0 Å². The van der Waals surface area contributed by atoms with Gasteiger partial charge in [0.2, 0.25) is 5.78 Å². The van der Waals surface area contributed by atoms with Crippen molar-refractivity contribution in [3.05, 3.63) is 30.4 Å². The summed E-state index contributed by atoms with van der Waals surface area (Å²) in [5, 5.41) is 0. The number of nitrogens with zero attached hydrogens (tertiary/aromatic N) is 4. The second-order valence-electron chi connectivity index (χ2n) is 7.20. The molecule has 1 saturated heterocycles. The molecule has 5 nitrogen and oxygen atoms in total. The SMILES string of the molecule is O=C(c1cn2cccnc2n1)N1CCCC2(CCCCCC2)C1. The van der Waals surface area contributed by atoms with E-state index in [1.54, 1.807) is 12.4 Å². The molecule has 0 aromatic carbocycles. The molecule has 0 radical (unpaired) electrons. The average molecular weight is 312 g/mol. The first-order chi connectivity index (χ1) is 11.3. The molecule has 0 bridgehead atoms. The van der Waals surface area contributed by atoms with Gasteiger partial charge in [-0.3, -0.25) is 9.20 Å². The van der Waals surface area contributed by atoms with Crippen molar-refractivity contribution in [2.75, 3.05) is 13.1 Å². The van der Waals surface area contributed by atoms with Crippen LogP contribution in [0.15, 0.2) is 24.7 Å². The summed E-state index contributed by atoms with van der Waals surface area (Å²) in [5.41, 5.74) is 0.885. The van der Waals surface area contributed by atoms with Crippen LogP contribution in [0.25, 0.3) is 5.78 Å². The van der Waals surface area contributed by atoms with E-state index in [0.717, 1.165) is 19.5 Å². The fraction of sp³-hybridized carbons (Fsp3) is 0.611. The molecule has 0 N–H and O–H groups in total. The summed E-state index contributed by atoms with van der Waals surface area (Å²) in [6.07, 6.45) is 15.7. The molecule has 122 valence electrons. The summed E-state index contributed by atoms with van der Waals surface area (Å²) in [5.74, 6) is 0.663. The lowest BCUT2D eigenvalue weighted by atomic mass is 9.74. The molecule has 1 aliphatic heterocycles. The molecule has 5 heteroatoms. The molecular weight excluding hydrogens is 288 g/mol. The van der Waals surface area contributed by atoms with Gasteiger partial charge in [0.25, 0.3) is 5.91 Å². The van der Waals surface area contributed by atoms with Gasteiger partial charge in [-0.05, 0) is 37.2 Å². The number of piperidine rings is 1. The highest BCUT2D eigenvalue weighted by Gasteiger charge is 2.37. The Morgan fingerprint density at radius 3 is 2.65 bits per heavy atom. The van der Waals surface area contributed by atoms with E-state index in [-0.39, 0.29) is 5.91 Å². The standard InChI is InChI=1S/C18H24N4O/c23-16(15-13-21-12-6-10-19-17(21)20-15)22-11-5-9-18(14-22)7-3-1-2-4-8-18/h6,10,12-13H,1-5,7-9,11,14H2. The summed E-state index contributed by atoms with van der Waals surface area (Å²) in [6.45, 7) is 1.77. The zero-order valence-corrected chi connectivity index (χ0v) is 13.6. The molecule has 2 aromatic heterocycles. The summed E-state index contributed by atoms with van der Waals surface area (Å²) >= 11 is 0. The van der Waals surface area contributed by atoms with Crippen LogP contribution >= 0.6 is 0 Å². The van der Waals surface area contributed by atoms with E-state index >= 15 is 0 Å². The molecule has 1 spiro atoms. The number of aromatic nitrogens is 3. The van der Waals surface area contributed by atoms with Gasteiger partial charge in [0.05, 0.1) is 0 Å². The molecule has 2 aliphatic rings. The number of imidazole rings is 1. The molecule has 4 rings (SSSR count). The lowest BCUT2D eigenvalue weighted by Gasteiger charge is -2.42. The zero-order valence-electron chi connectivity index (χ0n) is 13.6. The van der Waals surface area contributed by atoms with E-state index in [0.29, 0.717) is 16.9 Å². The molecule has 1 saturated carbocycles. The monoisotopic (exact) mass is 312 g/mol. The Morgan fingerprint density at radius 2 is 1.87 bits per heavy atom. The molecule has 1 aliphatic carbocycles. The second kappa shape index (κ2) is 5.95. The van der Waals surface area contributed by atoms with Gasteiger partial charge in [0.1, 0.15) is 5.69 Å². The van der Waals surface area contributed by atoms with Crippen molar-refractivity contribution in [1.82, 2.24) is 19.3 Å². The predicted octanol–water partition coefficient (Wildman–Crippen LogP) is 3.31. The van der Waals surface area contributed by atoms with Crippen LogP contribution in [0.5, 0.6) is 0 Å². The van der Waals surface area contributed by atoms with Crippen LogP contribution < -0.4 is 0 Å². The Labute approximate surface area is 136 Å². The van der Waals surface area contributed by atoms with Crippen molar-refractivity contribution in [2.45, 2.75) is 51.4 Å². The highest BCUT2D eigenvalue weighted by Crippen LogP contribution is 2.42. The lowest BCUT2D eigenvalue weighted by molar-refractivity contribution is 0.0460. The Bertz CT molecular complexity index is 667. The second-order valence-corrected chi connectivity index (χ2v) is 7.20. The summed E-state index contributed by atoms with van der Waals surface area (Å²) in [4.78, 5) is 23.5. The quantitative estimate of drug-likeness (QED) is 0.812. The first kappa shape index (κ1) is 14.7. The van der Waals surface area contributed by atoms with Crippen LogP contribution in [0.4, 0.5) is 0 Å². The highest BCUT2D eigenvalue weighted by molar-refractivity contribution is 5.92. The van der Waals surface area contributed by atoms with Crippen LogP contribution in [0.2, 0.25) is 0 Å². The summed E-state index contributed by atoms with van der Waals surface area (Å²) < 4.78 is 1.82. The van der Waals surface area contributed by atoms with Gasteiger partial charge >= 0.3 is 0 Å². The fourth-order valence-electron chi connectivity index (χ4n) is 4.36. The van der Waals surface area contributed by atoms with Crippen LogP contribution in [0.1, 0.15) is 61.9 Å². The van der Waals surface area contributed by atoms with Crippen LogP contribution in [-0.2, 0) is 0 Å². The maximum Gasteiger partial charge on any atom is 0.274 e. The van der Waals surface area contributed by atoms with Crippen LogP contribution in [-0.4, -0.2) is 38.3 Å². The van der Waals surface area contributed by atoms with Crippen molar-refractivity contribution in [1.29, 1.82) is 0 Å². The average Bonchev–Trinajstić information content (AvgIpc) is 2.90. The molecular formula is C18H24N4O. The van der Waals surface area contributed by atoms with E-state index in [1.165, 1.54) is 44.9 Å². The molecule has 2 fully saturated rings. The van der Waals surface area contributed by atoms with Gasteiger partial charge in [-0.15, -0.1) is 0 Å². The first-order valence-electron chi connectivity index (χ1n) is 8.85. The normalized spacial score (nSPS) is 21.5. The number of rotatable bonds is 1. The predicted molar refractivity (Wildman–Crippen MR) is 88.3 cm³/mol. The third kappa shape index (κ3) is 2.84. The third-order valence-corrected chi connectivity index (χ3v) is 5.57. The van der Waals surface area contributed by atoms with Gasteiger partial charge in [-0.25, -0.2) is 9.97 Å². The van der Waals surface area contributed by atoms with Crippen molar-refractivity contribution in [3.8, 4) is 0 Å². The van der Waals surface area contributed by atoms with Crippen molar-refractivity contribution >= 4 is 11.7 Å². The molecule has 1 amide bonds. The first-order valence-corrected chi connectivity index (χ1v) is 8.85. The number of likely N-dealkylation sites (tertiary alicyclic amines) is 1. The van der Waals surface area contributed by atoms with E-state index in [1.807, 2.05) is 21.6 Å². The van der Waals surface area contributed by atoms with Crippen molar-refractivity contribution < 1.29 is 4.79 Å². The maximum absolute atomic E-state index is 12.9. The lowest BCUT2D eigenvalue weighted by Crippen LogP contribution is -2.46. The minimum atomic E-state index is 0.0684. The number of amides is 1. The van der Waals surface area contributed by atoms with E-state index in [4.69, 9.17) is 0 Å². The smallest absolute Gasteiger partial charge is 0.274 e. The van der Waals surface area contributed by atoms with Gasteiger partial charge in [-0.1, -0.05) is 25.7 Å². The number of fused-ring (bicyclic) bond motifs is 1. The van der Waals surface area contributed by atoms with Crippen LogP contribution in [0, 0.1) is 5.41 Å². The fourth-order valence-corrected chi connectivity index (χ4v) is 4.36. The van der Waals surface area contributed by atoms with E-state index in [9.17, 15) is 4.79 Å². The topological polar surface area (TPSA) is 50.5 Å². The molecule has 2 aromatic rings. The minimum Gasteiger partial charge on any atom is -0.337 e. The number of hydrogen-bond acceptors (Lipinski definition) is 3. The van der Waals surface area contributed by atoms with Gasteiger partial charge < -0.3 is 4.90 Å². The van der Waals surface area contributed by atoms with E-state index < -0.39 is 0 Å². The molecule has 3 heterocycles. The minimum absolute atomic E-state index is 0.0684. The van der Waals surface area contributed by atoms with E-state index in [2.05, 4.69) is 9.97 Å². The summed E-state index contributed by atoms with van der Waals surface area (Å²) in [6, 6.07) is 1.85. The molecule has 0 atom stereocenters. The number of carbonyl (C=O) groups excluding carboxylic acids is 1. The van der Waals surface area contributed by atoms with Crippen molar-refractivity contribution in [2.24, 2.45) is 5.41 Å². The maximum atomic E-state index is 12.9. The largest absolute Gasteiger partial charge is 0.337 e. The Morgan fingerprint density at radius 1 is 1.09 bits per heavy atom. The highest BCUT2D eigenvalue weighted by atomic mass is 16.2. The van der Waals surface area contributed by atoms with Gasteiger partial charge in [-0.2, -0.15) is 0 Å². The molecule has 0 unspecified atom stereocenters. The Balaban J connectivity index is 1.55. The van der Waals surface area contributed by atoms with Gasteiger partial charge in [0, 0.05) is 31.7 Å². The number of carbonyl (C=O) groups is 1. The third-order valence-electron chi connectivity index (χ3n) is 5.57. The zero-order chi connectivity index (χ0) is 15.7.